The summed E-state index contributed by atoms with van der Waals surface area (Å²) < 4.78 is 11.9. The number of nitrogens with zero attached hydrogens (tertiary/aromatic N) is 3. The van der Waals surface area contributed by atoms with E-state index in [0.717, 1.165) is 5.56 Å². The molecule has 1 N–H and O–H groups in total. The van der Waals surface area contributed by atoms with Crippen LogP contribution in [-0.2, 0) is 6.54 Å². The Kier molecular flexibility index (Phi) is 5.31. The van der Waals surface area contributed by atoms with Crippen molar-refractivity contribution in [3.8, 4) is 17.1 Å². The quantitative estimate of drug-likeness (QED) is 0.505. The number of furan rings is 1. The number of anilines is 1. The first-order valence-electron chi connectivity index (χ1n) is 8.84. The molecule has 4 aromatic rings. The first-order valence-corrected chi connectivity index (χ1v) is 9.22. The van der Waals surface area contributed by atoms with E-state index in [9.17, 15) is 4.79 Å². The highest BCUT2D eigenvalue weighted by Gasteiger charge is 2.21. The van der Waals surface area contributed by atoms with Crippen molar-refractivity contribution < 1.29 is 13.9 Å². The topological polar surface area (TPSA) is 82.2 Å². The second-order valence-corrected chi connectivity index (χ2v) is 6.47. The van der Waals surface area contributed by atoms with Crippen molar-refractivity contribution >= 4 is 23.5 Å². The number of carbonyl (C=O) groups excluding carboxylic acids is 1. The highest BCUT2D eigenvalue weighted by Crippen LogP contribution is 2.23. The van der Waals surface area contributed by atoms with Crippen molar-refractivity contribution in [3.63, 3.8) is 0 Å². The number of hydrogen-bond donors (Lipinski definition) is 1. The lowest BCUT2D eigenvalue weighted by Gasteiger charge is -2.09. The summed E-state index contributed by atoms with van der Waals surface area (Å²) in [5.74, 6) is 1.41. The molecule has 0 aliphatic heterocycles. The smallest absolute Gasteiger partial charge is 0.285 e. The molecular formula is C21H17ClN4O3. The van der Waals surface area contributed by atoms with E-state index in [4.69, 9.17) is 20.8 Å². The maximum Gasteiger partial charge on any atom is 0.285 e. The summed E-state index contributed by atoms with van der Waals surface area (Å²) in [7, 11) is 1.52. The Labute approximate surface area is 171 Å². The van der Waals surface area contributed by atoms with Crippen LogP contribution in [0.1, 0.15) is 16.1 Å². The van der Waals surface area contributed by atoms with Crippen LogP contribution < -0.4 is 10.1 Å². The van der Waals surface area contributed by atoms with Gasteiger partial charge in [-0.15, -0.1) is 5.10 Å². The molecule has 2 heterocycles. The van der Waals surface area contributed by atoms with Crippen LogP contribution in [-0.4, -0.2) is 27.8 Å². The van der Waals surface area contributed by atoms with E-state index in [1.165, 1.54) is 11.8 Å². The maximum absolute atomic E-state index is 13.2. The van der Waals surface area contributed by atoms with E-state index >= 15 is 0 Å². The highest BCUT2D eigenvalue weighted by atomic mass is 35.5. The number of benzene rings is 2. The van der Waals surface area contributed by atoms with Crippen LogP contribution in [0.2, 0.25) is 5.22 Å². The monoisotopic (exact) mass is 408 g/mol. The number of para-hydroxylation sites is 1. The average Bonchev–Trinajstić information content (AvgIpc) is 3.38. The van der Waals surface area contributed by atoms with Crippen LogP contribution in [0.4, 0.5) is 5.95 Å². The normalized spacial score (nSPS) is 10.7. The van der Waals surface area contributed by atoms with Gasteiger partial charge in [0.15, 0.2) is 11.0 Å². The summed E-state index contributed by atoms with van der Waals surface area (Å²) >= 11 is 5.83. The van der Waals surface area contributed by atoms with Gasteiger partial charge in [-0.3, -0.25) is 4.79 Å². The lowest BCUT2D eigenvalue weighted by Crippen LogP contribution is -2.18. The van der Waals surface area contributed by atoms with Crippen molar-refractivity contribution in [2.75, 3.05) is 12.4 Å². The van der Waals surface area contributed by atoms with Crippen LogP contribution in [0.15, 0.2) is 71.1 Å². The SMILES string of the molecule is COc1ccccc1C(=O)n1nc(-c2ccccc2)nc1NCc1ccc(Cl)o1. The van der Waals surface area contributed by atoms with Crippen LogP contribution in [0.5, 0.6) is 5.75 Å². The van der Waals surface area contributed by atoms with Gasteiger partial charge in [-0.25, -0.2) is 0 Å². The fourth-order valence-electron chi connectivity index (χ4n) is 2.83. The van der Waals surface area contributed by atoms with E-state index in [2.05, 4.69) is 15.4 Å². The molecule has 0 radical (unpaired) electrons. The van der Waals surface area contributed by atoms with Gasteiger partial charge in [-0.1, -0.05) is 42.5 Å². The van der Waals surface area contributed by atoms with Gasteiger partial charge in [-0.05, 0) is 35.9 Å². The summed E-state index contributed by atoms with van der Waals surface area (Å²) in [5, 5.41) is 7.82. The second kappa shape index (κ2) is 8.20. The van der Waals surface area contributed by atoms with E-state index in [-0.39, 0.29) is 11.9 Å². The van der Waals surface area contributed by atoms with Gasteiger partial charge in [-0.2, -0.15) is 9.67 Å². The Morgan fingerprint density at radius 3 is 2.59 bits per heavy atom. The summed E-state index contributed by atoms with van der Waals surface area (Å²) in [6.45, 7) is 0.291. The summed E-state index contributed by atoms with van der Waals surface area (Å²) in [5.41, 5.74) is 1.17. The summed E-state index contributed by atoms with van der Waals surface area (Å²) in [4.78, 5) is 17.7. The number of nitrogens with one attached hydrogen (secondary N) is 1. The molecule has 0 bridgehead atoms. The first kappa shape index (κ1) is 18.8. The van der Waals surface area contributed by atoms with Crippen molar-refractivity contribution in [2.24, 2.45) is 0 Å². The third-order valence-electron chi connectivity index (χ3n) is 4.22. The third kappa shape index (κ3) is 4.00. The third-order valence-corrected chi connectivity index (χ3v) is 4.42. The molecule has 2 aromatic carbocycles. The minimum Gasteiger partial charge on any atom is -0.496 e. The number of hydrogen-bond acceptors (Lipinski definition) is 6. The van der Waals surface area contributed by atoms with Gasteiger partial charge in [0.25, 0.3) is 5.91 Å². The Balaban J connectivity index is 1.72. The van der Waals surface area contributed by atoms with Gasteiger partial charge >= 0.3 is 0 Å². The lowest BCUT2D eigenvalue weighted by molar-refractivity contribution is 0.0944. The lowest BCUT2D eigenvalue weighted by atomic mass is 10.2. The largest absolute Gasteiger partial charge is 0.496 e. The average molecular weight is 409 g/mol. The fourth-order valence-corrected chi connectivity index (χ4v) is 2.99. The van der Waals surface area contributed by atoms with Gasteiger partial charge < -0.3 is 14.5 Å². The molecule has 8 heteroatoms. The minimum absolute atomic E-state index is 0.285. The van der Waals surface area contributed by atoms with Crippen molar-refractivity contribution in [1.82, 2.24) is 14.8 Å². The molecule has 7 nitrogen and oxygen atoms in total. The van der Waals surface area contributed by atoms with Crippen LogP contribution in [0.3, 0.4) is 0 Å². The number of halogens is 1. The van der Waals surface area contributed by atoms with Crippen LogP contribution >= 0.6 is 11.6 Å². The van der Waals surface area contributed by atoms with Crippen LogP contribution in [0.25, 0.3) is 11.4 Å². The number of methoxy groups -OCH3 is 1. The Morgan fingerprint density at radius 2 is 1.86 bits per heavy atom. The molecule has 2 aromatic heterocycles. The van der Waals surface area contributed by atoms with Crippen LogP contribution in [0, 0.1) is 0 Å². The highest BCUT2D eigenvalue weighted by molar-refractivity contribution is 6.28. The van der Waals surface area contributed by atoms with E-state index in [1.54, 1.807) is 36.4 Å². The minimum atomic E-state index is -0.364. The fraction of sp³-hybridized carbons (Fsp3) is 0.0952. The zero-order valence-electron chi connectivity index (χ0n) is 15.5. The van der Waals surface area contributed by atoms with Crippen molar-refractivity contribution in [3.05, 3.63) is 83.3 Å². The summed E-state index contributed by atoms with van der Waals surface area (Å²) in [6.07, 6.45) is 0. The van der Waals surface area contributed by atoms with E-state index < -0.39 is 0 Å². The van der Waals surface area contributed by atoms with Crippen molar-refractivity contribution in [1.29, 1.82) is 0 Å². The van der Waals surface area contributed by atoms with E-state index in [0.29, 0.717) is 34.7 Å². The molecule has 0 aliphatic carbocycles. The van der Waals surface area contributed by atoms with Crippen molar-refractivity contribution in [2.45, 2.75) is 6.54 Å². The predicted molar refractivity (Wildman–Crippen MR) is 109 cm³/mol. The molecule has 0 fully saturated rings. The molecule has 0 amide bonds. The second-order valence-electron chi connectivity index (χ2n) is 6.10. The molecule has 29 heavy (non-hydrogen) atoms. The zero-order chi connectivity index (χ0) is 20.2. The molecule has 0 saturated carbocycles. The molecule has 0 aliphatic rings. The van der Waals surface area contributed by atoms with Gasteiger partial charge in [0.05, 0.1) is 19.2 Å². The zero-order valence-corrected chi connectivity index (χ0v) is 16.3. The Morgan fingerprint density at radius 1 is 1.10 bits per heavy atom. The molecule has 0 unspecified atom stereocenters. The molecule has 0 saturated heterocycles. The van der Waals surface area contributed by atoms with Gasteiger partial charge in [0.1, 0.15) is 11.5 Å². The van der Waals surface area contributed by atoms with Gasteiger partial charge in [0, 0.05) is 5.56 Å². The number of ether oxygens (including phenoxy) is 1. The van der Waals surface area contributed by atoms with E-state index in [1.807, 2.05) is 30.3 Å². The number of rotatable bonds is 6. The Hall–Kier alpha value is -3.58. The maximum atomic E-state index is 13.2. The molecule has 4 rings (SSSR count). The number of aromatic nitrogens is 3. The molecule has 0 atom stereocenters. The summed E-state index contributed by atoms with van der Waals surface area (Å²) in [6, 6.07) is 19.8. The first-order chi connectivity index (χ1) is 14.2. The predicted octanol–water partition coefficient (Wildman–Crippen LogP) is 4.50. The molecule has 0 spiro atoms. The Bertz CT molecular complexity index is 1140. The van der Waals surface area contributed by atoms with Gasteiger partial charge in [0.2, 0.25) is 5.95 Å². The standard InChI is InChI=1S/C21H17ClN4O3/c1-28-17-10-6-5-9-16(17)20(27)26-21(23-13-15-11-12-18(22)29-15)24-19(25-26)14-7-3-2-4-8-14/h2-12H,13H2,1H3,(H,23,24,25). The number of carbonyl (C=O) groups is 1. The molecular weight excluding hydrogens is 392 g/mol. The molecule has 146 valence electrons.